The number of piperidine rings is 1. The van der Waals surface area contributed by atoms with Gasteiger partial charge in [-0.2, -0.15) is 0 Å². The second-order valence-corrected chi connectivity index (χ2v) is 15.9. The summed E-state index contributed by atoms with van der Waals surface area (Å²) in [7, 11) is 3.80. The average Bonchev–Trinajstić information content (AvgIpc) is 3.22. The van der Waals surface area contributed by atoms with Crippen molar-refractivity contribution in [1.82, 2.24) is 29.7 Å². The fourth-order valence-electron chi connectivity index (χ4n) is 7.62. The van der Waals surface area contributed by atoms with Crippen LogP contribution in [0.25, 0.3) is 32.7 Å². The number of rotatable bonds is 14. The van der Waals surface area contributed by atoms with Crippen molar-refractivity contribution >= 4 is 67.7 Å². The lowest BCUT2D eigenvalue weighted by molar-refractivity contribution is -0.140. The number of para-hydroxylation sites is 1. The molecule has 58 heavy (non-hydrogen) atoms. The SMILES string of the molecule is CN(C)CCC(=O)Nc1ccc2c(=O)n(CC3(O)CCN(C(=O)[C@H](CCCNC(=O)c4ccc5c(Cl)c6ccccc6nc5c4)Cc4ccccc4)CC3)cnc2c1. The number of nitrogens with zero attached hydrogens (tertiary/aromatic N) is 5. The molecule has 0 radical (unpaired) electrons. The van der Waals surface area contributed by atoms with E-state index in [0.29, 0.717) is 97.4 Å². The molecule has 3 heterocycles. The first-order valence-electron chi connectivity index (χ1n) is 19.7. The zero-order valence-corrected chi connectivity index (χ0v) is 33.5. The van der Waals surface area contributed by atoms with Crippen LogP contribution in [0, 0.1) is 5.92 Å². The van der Waals surface area contributed by atoms with Crippen molar-refractivity contribution in [2.24, 2.45) is 5.92 Å². The standard InChI is InChI=1S/C45H48ClN7O5/c1-51(2)22-18-40(54)49-33-15-17-36-38(27-33)48-29-53(44(36)57)28-45(58)19-23-52(24-20-45)43(56)32(25-30-9-4-3-5-10-30)11-8-21-47-42(55)31-14-16-35-39(26-31)50-37-13-7-6-12-34(37)41(35)46/h3-7,9-10,12-17,26-27,29,32,58H,8,11,18-25,28H2,1-2H3,(H,47,55)(H,49,54)/t32-/m1/s1. The van der Waals surface area contributed by atoms with E-state index < -0.39 is 5.60 Å². The van der Waals surface area contributed by atoms with Crippen LogP contribution in [-0.2, 0) is 22.6 Å². The molecule has 3 N–H and O–H groups in total. The Morgan fingerprint density at radius 3 is 2.40 bits per heavy atom. The van der Waals surface area contributed by atoms with Crippen LogP contribution in [0.5, 0.6) is 0 Å². The molecule has 0 unspecified atom stereocenters. The molecule has 1 saturated heterocycles. The Hall–Kier alpha value is -5.69. The minimum absolute atomic E-state index is 0.0103. The van der Waals surface area contributed by atoms with Crippen molar-refractivity contribution in [1.29, 1.82) is 0 Å². The molecule has 300 valence electrons. The Balaban J connectivity index is 0.952. The molecule has 1 aliphatic rings. The summed E-state index contributed by atoms with van der Waals surface area (Å²) < 4.78 is 1.42. The maximum Gasteiger partial charge on any atom is 0.261 e. The largest absolute Gasteiger partial charge is 0.388 e. The van der Waals surface area contributed by atoms with Crippen LogP contribution in [-0.4, -0.2) is 93.0 Å². The maximum absolute atomic E-state index is 14.1. The topological polar surface area (TPSA) is 150 Å². The number of amides is 3. The minimum Gasteiger partial charge on any atom is -0.388 e. The third kappa shape index (κ3) is 9.53. The molecule has 2 aromatic heterocycles. The van der Waals surface area contributed by atoms with Crippen molar-refractivity contribution < 1.29 is 19.5 Å². The molecule has 0 spiro atoms. The summed E-state index contributed by atoms with van der Waals surface area (Å²) in [5, 5.41) is 20.1. The molecule has 0 aliphatic carbocycles. The lowest BCUT2D eigenvalue weighted by Gasteiger charge is -2.39. The summed E-state index contributed by atoms with van der Waals surface area (Å²) in [6, 6.07) is 27.9. The third-order valence-corrected chi connectivity index (χ3v) is 11.3. The highest BCUT2D eigenvalue weighted by molar-refractivity contribution is 6.40. The summed E-state index contributed by atoms with van der Waals surface area (Å²) in [6.45, 7) is 1.75. The molecule has 3 amide bonds. The van der Waals surface area contributed by atoms with Crippen molar-refractivity contribution in [3.8, 4) is 0 Å². The van der Waals surface area contributed by atoms with Crippen molar-refractivity contribution in [2.45, 2.75) is 50.7 Å². The molecule has 0 bridgehead atoms. The summed E-state index contributed by atoms with van der Waals surface area (Å²) in [5.74, 6) is -0.656. The van der Waals surface area contributed by atoms with Gasteiger partial charge in [-0.05, 0) is 88.2 Å². The highest BCUT2D eigenvalue weighted by Crippen LogP contribution is 2.31. The first-order chi connectivity index (χ1) is 28.0. The molecular formula is C45H48ClN7O5. The number of hydrogen-bond donors (Lipinski definition) is 3. The number of likely N-dealkylation sites (tertiary alicyclic amines) is 1. The highest BCUT2D eigenvalue weighted by Gasteiger charge is 2.36. The predicted molar refractivity (Wildman–Crippen MR) is 228 cm³/mol. The Morgan fingerprint density at radius 2 is 1.62 bits per heavy atom. The van der Waals surface area contributed by atoms with E-state index in [1.807, 2.05) is 84.6 Å². The van der Waals surface area contributed by atoms with E-state index in [-0.39, 0.29) is 35.7 Å². The van der Waals surface area contributed by atoms with Crippen molar-refractivity contribution in [2.75, 3.05) is 45.6 Å². The van der Waals surface area contributed by atoms with Gasteiger partial charge in [0.25, 0.3) is 11.5 Å². The van der Waals surface area contributed by atoms with E-state index >= 15 is 0 Å². The maximum atomic E-state index is 14.1. The molecule has 13 heteroatoms. The van der Waals surface area contributed by atoms with E-state index in [4.69, 9.17) is 16.6 Å². The fraction of sp³-hybridized carbons (Fsp3) is 0.333. The third-order valence-electron chi connectivity index (χ3n) is 10.9. The van der Waals surface area contributed by atoms with Crippen molar-refractivity contribution in [3.05, 3.63) is 124 Å². The number of anilines is 1. The summed E-state index contributed by atoms with van der Waals surface area (Å²) in [4.78, 5) is 66.0. The number of aliphatic hydroxyl groups is 1. The van der Waals surface area contributed by atoms with Crippen LogP contribution in [0.4, 0.5) is 5.69 Å². The number of nitrogens with one attached hydrogen (secondary N) is 2. The van der Waals surface area contributed by atoms with Crippen molar-refractivity contribution in [3.63, 3.8) is 0 Å². The molecule has 6 aromatic rings. The number of pyridine rings is 1. The van der Waals surface area contributed by atoms with Gasteiger partial charge in [-0.15, -0.1) is 0 Å². The summed E-state index contributed by atoms with van der Waals surface area (Å²) >= 11 is 6.67. The summed E-state index contributed by atoms with van der Waals surface area (Å²) in [6.07, 6.45) is 4.09. The van der Waals surface area contributed by atoms with Gasteiger partial charge < -0.3 is 25.5 Å². The van der Waals surface area contributed by atoms with Crippen LogP contribution < -0.4 is 16.2 Å². The van der Waals surface area contributed by atoms with Crippen LogP contribution in [0.2, 0.25) is 5.02 Å². The Labute approximate surface area is 341 Å². The van der Waals surface area contributed by atoms with Gasteiger partial charge in [0.05, 0.1) is 45.4 Å². The number of halogens is 1. The van der Waals surface area contributed by atoms with Gasteiger partial charge in [0.15, 0.2) is 0 Å². The average molecular weight is 802 g/mol. The number of carbonyl (C=O) groups excluding carboxylic acids is 3. The molecule has 1 fully saturated rings. The van der Waals surface area contributed by atoms with Crippen LogP contribution in [0.15, 0.2) is 102 Å². The molecule has 4 aromatic carbocycles. The van der Waals surface area contributed by atoms with Crippen LogP contribution in [0.3, 0.4) is 0 Å². The molecule has 7 rings (SSSR count). The lowest BCUT2D eigenvalue weighted by Crippen LogP contribution is -2.51. The van der Waals surface area contributed by atoms with Crippen LogP contribution >= 0.6 is 11.6 Å². The van der Waals surface area contributed by atoms with Gasteiger partial charge in [0.1, 0.15) is 0 Å². The molecule has 0 saturated carbocycles. The second-order valence-electron chi connectivity index (χ2n) is 15.5. The van der Waals surface area contributed by atoms with E-state index in [1.165, 1.54) is 10.9 Å². The normalized spacial score (nSPS) is 14.5. The number of benzene rings is 4. The van der Waals surface area contributed by atoms with Gasteiger partial charge in [0, 0.05) is 60.5 Å². The minimum atomic E-state index is -1.20. The number of carbonyl (C=O) groups is 3. The zero-order valence-electron chi connectivity index (χ0n) is 32.8. The van der Waals surface area contributed by atoms with E-state index in [2.05, 4.69) is 15.6 Å². The monoisotopic (exact) mass is 801 g/mol. The number of aromatic nitrogens is 3. The first kappa shape index (κ1) is 40.5. The van der Waals surface area contributed by atoms with Crippen LogP contribution in [0.1, 0.15) is 48.0 Å². The van der Waals surface area contributed by atoms with Gasteiger partial charge in [-0.3, -0.25) is 23.7 Å². The molecular weight excluding hydrogens is 754 g/mol. The predicted octanol–water partition coefficient (Wildman–Crippen LogP) is 6.06. The highest BCUT2D eigenvalue weighted by atomic mass is 35.5. The van der Waals surface area contributed by atoms with Gasteiger partial charge in [0.2, 0.25) is 11.8 Å². The van der Waals surface area contributed by atoms with E-state index in [1.54, 1.807) is 30.3 Å². The quantitative estimate of drug-likeness (QED) is 0.0889. The fourth-order valence-corrected chi connectivity index (χ4v) is 7.94. The molecule has 1 aliphatic heterocycles. The van der Waals surface area contributed by atoms with E-state index in [0.717, 1.165) is 21.9 Å². The zero-order chi connectivity index (χ0) is 40.8. The lowest BCUT2D eigenvalue weighted by atomic mass is 9.88. The Morgan fingerprint density at radius 1 is 0.897 bits per heavy atom. The second kappa shape index (κ2) is 17.8. The molecule has 12 nitrogen and oxygen atoms in total. The number of fused-ring (bicyclic) bond motifs is 3. The van der Waals surface area contributed by atoms with E-state index in [9.17, 15) is 24.3 Å². The summed E-state index contributed by atoms with van der Waals surface area (Å²) in [5.41, 5.74) is 2.47. The Bertz CT molecular complexity index is 2520. The van der Waals surface area contributed by atoms with Gasteiger partial charge in [-0.1, -0.05) is 66.2 Å². The number of hydrogen-bond acceptors (Lipinski definition) is 8. The molecule has 1 atom stereocenters. The van der Waals surface area contributed by atoms with Gasteiger partial charge >= 0.3 is 0 Å². The Kier molecular flexibility index (Phi) is 12.5. The van der Waals surface area contributed by atoms with Gasteiger partial charge in [-0.25, -0.2) is 9.97 Å². The smallest absolute Gasteiger partial charge is 0.261 e. The first-order valence-corrected chi connectivity index (χ1v) is 20.1.